The van der Waals surface area contributed by atoms with Gasteiger partial charge in [0, 0.05) is 60.2 Å². The van der Waals surface area contributed by atoms with Gasteiger partial charge in [0.05, 0.1) is 22.4 Å². The molecule has 3 aromatic heterocycles. The molecule has 62 heavy (non-hydrogen) atoms. The Kier molecular flexibility index (Phi) is 7.57. The molecule has 0 aliphatic rings. The molecule has 4 heteroatoms. The number of benzene rings is 10. The van der Waals surface area contributed by atoms with Crippen LogP contribution in [0.2, 0.25) is 0 Å². The van der Waals surface area contributed by atoms with Gasteiger partial charge in [-0.15, -0.1) is 0 Å². The fourth-order valence-corrected chi connectivity index (χ4v) is 9.88. The Morgan fingerprint density at radius 2 is 0.935 bits per heavy atom. The van der Waals surface area contributed by atoms with Crippen molar-refractivity contribution in [2.75, 3.05) is 4.90 Å². The lowest BCUT2D eigenvalue weighted by Gasteiger charge is -2.29. The Bertz CT molecular complexity index is 3840. The standard InChI is InChI=1S/C58H36N2O2/c1-2-20-41-37(16-1)17-14-30-50(41)60(53-29-10-5-23-44(53)46-26-15-33-56-57(46)47-25-7-12-32-55(47)61-56)40-35-48(58-49(36-40)45-24-6-11-31-54(45)62-58)38-18-13-19-39(34-38)59-51-27-8-3-21-42(51)43-22-4-9-28-52(43)59/h1-36H. The molecule has 0 spiro atoms. The first-order valence-corrected chi connectivity index (χ1v) is 21.1. The first-order chi connectivity index (χ1) is 30.8. The Hall–Kier alpha value is -8.34. The van der Waals surface area contributed by atoms with Gasteiger partial charge in [-0.1, -0.05) is 152 Å². The van der Waals surface area contributed by atoms with Crippen LogP contribution in [0.5, 0.6) is 0 Å². The van der Waals surface area contributed by atoms with E-state index in [9.17, 15) is 0 Å². The van der Waals surface area contributed by atoms with E-state index in [1.165, 1.54) is 27.2 Å². The summed E-state index contributed by atoms with van der Waals surface area (Å²) in [5.41, 5.74) is 14.3. The monoisotopic (exact) mass is 792 g/mol. The minimum atomic E-state index is 0.857. The highest BCUT2D eigenvalue weighted by molar-refractivity contribution is 6.16. The molecule has 0 aliphatic carbocycles. The maximum absolute atomic E-state index is 6.86. The van der Waals surface area contributed by atoms with Crippen LogP contribution < -0.4 is 4.90 Å². The highest BCUT2D eigenvalue weighted by atomic mass is 16.3. The normalized spacial score (nSPS) is 11.9. The summed E-state index contributed by atoms with van der Waals surface area (Å²) in [6, 6.07) is 78.1. The quantitative estimate of drug-likeness (QED) is 0.168. The molecule has 0 aliphatic heterocycles. The van der Waals surface area contributed by atoms with Crippen LogP contribution >= 0.6 is 0 Å². The maximum atomic E-state index is 6.86. The summed E-state index contributed by atoms with van der Waals surface area (Å²) in [4.78, 5) is 2.44. The summed E-state index contributed by atoms with van der Waals surface area (Å²) in [7, 11) is 0. The number of hydrogen-bond donors (Lipinski definition) is 0. The lowest BCUT2D eigenvalue weighted by molar-refractivity contribution is 0.669. The van der Waals surface area contributed by atoms with Crippen LogP contribution in [0.4, 0.5) is 17.1 Å². The molecular weight excluding hydrogens is 757 g/mol. The summed E-state index contributed by atoms with van der Waals surface area (Å²) in [6.45, 7) is 0. The third-order valence-electron chi connectivity index (χ3n) is 12.6. The van der Waals surface area contributed by atoms with Crippen LogP contribution in [0.25, 0.3) is 104 Å². The second-order valence-corrected chi connectivity index (χ2v) is 16.0. The molecule has 0 saturated carbocycles. The van der Waals surface area contributed by atoms with Crippen molar-refractivity contribution in [1.82, 2.24) is 4.57 Å². The van der Waals surface area contributed by atoms with Crippen molar-refractivity contribution in [3.63, 3.8) is 0 Å². The number of hydrogen-bond acceptors (Lipinski definition) is 3. The zero-order valence-corrected chi connectivity index (χ0v) is 33.5. The van der Waals surface area contributed by atoms with Crippen LogP contribution in [0.15, 0.2) is 227 Å². The van der Waals surface area contributed by atoms with Crippen molar-refractivity contribution < 1.29 is 8.83 Å². The molecule has 0 amide bonds. The third kappa shape index (κ3) is 5.20. The molecular formula is C58H36N2O2. The van der Waals surface area contributed by atoms with Gasteiger partial charge in [-0.3, -0.25) is 0 Å². The number of anilines is 3. The number of fused-ring (bicyclic) bond motifs is 10. The predicted molar refractivity (Wildman–Crippen MR) is 258 cm³/mol. The Balaban J connectivity index is 1.11. The average Bonchev–Trinajstić information content (AvgIpc) is 4.02. The van der Waals surface area contributed by atoms with E-state index in [0.717, 1.165) is 94.3 Å². The van der Waals surface area contributed by atoms with Crippen molar-refractivity contribution >= 4 is 93.5 Å². The van der Waals surface area contributed by atoms with Gasteiger partial charge in [0.25, 0.3) is 0 Å². The molecule has 4 nitrogen and oxygen atoms in total. The molecule has 0 N–H and O–H groups in total. The van der Waals surface area contributed by atoms with E-state index in [1.54, 1.807) is 0 Å². The van der Waals surface area contributed by atoms with Crippen molar-refractivity contribution in [3.05, 3.63) is 218 Å². The van der Waals surface area contributed by atoms with E-state index in [-0.39, 0.29) is 0 Å². The van der Waals surface area contributed by atoms with Crippen molar-refractivity contribution in [2.24, 2.45) is 0 Å². The molecule has 0 atom stereocenters. The SMILES string of the molecule is c1cc(-c2cc(N(c3ccccc3-c3cccc4oc5ccccc5c34)c3cccc4ccccc34)cc3c2oc2ccccc23)cc(-n2c3ccccc3c3ccccc32)c1. The van der Waals surface area contributed by atoms with E-state index >= 15 is 0 Å². The van der Waals surface area contributed by atoms with Crippen molar-refractivity contribution in [1.29, 1.82) is 0 Å². The molecule has 290 valence electrons. The van der Waals surface area contributed by atoms with Gasteiger partial charge >= 0.3 is 0 Å². The zero-order chi connectivity index (χ0) is 40.7. The van der Waals surface area contributed by atoms with Crippen LogP contribution in [0, 0.1) is 0 Å². The Morgan fingerprint density at radius 1 is 0.355 bits per heavy atom. The minimum absolute atomic E-state index is 0.857. The fraction of sp³-hybridized carbons (Fsp3) is 0. The molecule has 0 radical (unpaired) electrons. The largest absolute Gasteiger partial charge is 0.456 e. The Labute approximate surface area is 356 Å². The lowest BCUT2D eigenvalue weighted by Crippen LogP contribution is -2.12. The highest BCUT2D eigenvalue weighted by Crippen LogP contribution is 2.49. The van der Waals surface area contributed by atoms with E-state index in [2.05, 4.69) is 216 Å². The molecule has 0 bridgehead atoms. The maximum Gasteiger partial charge on any atom is 0.143 e. The first-order valence-electron chi connectivity index (χ1n) is 21.1. The van der Waals surface area contributed by atoms with E-state index in [0.29, 0.717) is 0 Å². The number of rotatable bonds is 6. The van der Waals surface area contributed by atoms with Gasteiger partial charge in [0.1, 0.15) is 22.3 Å². The minimum Gasteiger partial charge on any atom is -0.456 e. The van der Waals surface area contributed by atoms with Gasteiger partial charge in [-0.05, 0) is 83.2 Å². The number of furan rings is 2. The summed E-state index contributed by atoms with van der Waals surface area (Å²) >= 11 is 0. The molecule has 0 saturated heterocycles. The molecule has 3 heterocycles. The summed E-state index contributed by atoms with van der Waals surface area (Å²) < 4.78 is 15.7. The van der Waals surface area contributed by atoms with Gasteiger partial charge in [-0.25, -0.2) is 0 Å². The van der Waals surface area contributed by atoms with Crippen molar-refractivity contribution in [2.45, 2.75) is 0 Å². The molecule has 10 aromatic carbocycles. The topological polar surface area (TPSA) is 34.5 Å². The summed E-state index contributed by atoms with van der Waals surface area (Å²) in [6.07, 6.45) is 0. The summed E-state index contributed by atoms with van der Waals surface area (Å²) in [5, 5.41) is 9.13. The van der Waals surface area contributed by atoms with Crippen LogP contribution in [0.1, 0.15) is 0 Å². The Morgan fingerprint density at radius 3 is 1.76 bits per heavy atom. The second kappa shape index (κ2) is 13.6. The van der Waals surface area contributed by atoms with E-state index < -0.39 is 0 Å². The molecule has 13 rings (SSSR count). The fourth-order valence-electron chi connectivity index (χ4n) is 9.88. The summed E-state index contributed by atoms with van der Waals surface area (Å²) in [5.74, 6) is 0. The molecule has 0 unspecified atom stereocenters. The molecule has 13 aromatic rings. The van der Waals surface area contributed by atoms with Gasteiger partial charge in [0.15, 0.2) is 0 Å². The van der Waals surface area contributed by atoms with Gasteiger partial charge < -0.3 is 18.3 Å². The van der Waals surface area contributed by atoms with Crippen LogP contribution in [-0.2, 0) is 0 Å². The van der Waals surface area contributed by atoms with Gasteiger partial charge in [0.2, 0.25) is 0 Å². The highest BCUT2D eigenvalue weighted by Gasteiger charge is 2.25. The van der Waals surface area contributed by atoms with Crippen LogP contribution in [0.3, 0.4) is 0 Å². The first kappa shape index (κ1) is 34.5. The van der Waals surface area contributed by atoms with E-state index in [4.69, 9.17) is 8.83 Å². The van der Waals surface area contributed by atoms with Gasteiger partial charge in [-0.2, -0.15) is 0 Å². The third-order valence-corrected chi connectivity index (χ3v) is 12.6. The molecule has 0 fully saturated rings. The number of aromatic nitrogens is 1. The smallest absolute Gasteiger partial charge is 0.143 e. The van der Waals surface area contributed by atoms with Crippen LogP contribution in [-0.4, -0.2) is 4.57 Å². The number of nitrogens with zero attached hydrogens (tertiary/aromatic N) is 2. The predicted octanol–water partition coefficient (Wildman–Crippen LogP) is 16.5. The number of para-hydroxylation sites is 5. The average molecular weight is 793 g/mol. The second-order valence-electron chi connectivity index (χ2n) is 16.0. The van der Waals surface area contributed by atoms with Crippen molar-refractivity contribution in [3.8, 4) is 27.9 Å². The zero-order valence-electron chi connectivity index (χ0n) is 33.5. The van der Waals surface area contributed by atoms with E-state index in [1.807, 2.05) is 12.1 Å². The lowest BCUT2D eigenvalue weighted by atomic mass is 9.95.